The first-order valence-corrected chi connectivity index (χ1v) is 7.51. The molecular formula is C17H23NO4. The number of nitrogens with zero attached hydrogens (tertiary/aromatic N) is 1. The van der Waals surface area contributed by atoms with Gasteiger partial charge in [0.1, 0.15) is 6.04 Å². The number of carbonyl (C=O) groups excluding carboxylic acids is 1. The Bertz CT molecular complexity index is 562. The first kappa shape index (κ1) is 16.3. The molecule has 1 heterocycles. The molecule has 1 atom stereocenters. The molecule has 5 nitrogen and oxygen atoms in total. The number of carbonyl (C=O) groups is 2. The topological polar surface area (TPSA) is 66.8 Å². The Kier molecular flexibility index (Phi) is 4.74. The van der Waals surface area contributed by atoms with Gasteiger partial charge in [-0.05, 0) is 23.0 Å². The Morgan fingerprint density at radius 3 is 2.50 bits per heavy atom. The standard InChI is InChI=1S/C17H23NO4/c1-17(2,3)8-9-22-15(19)14-10-12-6-4-5-7-13(12)11-18(14)16(20)21/h4-7,14H,8-11H2,1-3H3,(H,20,21). The van der Waals surface area contributed by atoms with Gasteiger partial charge in [-0.2, -0.15) is 0 Å². The third kappa shape index (κ3) is 4.00. The summed E-state index contributed by atoms with van der Waals surface area (Å²) in [4.78, 5) is 24.9. The molecule has 120 valence electrons. The van der Waals surface area contributed by atoms with Crippen LogP contribution in [0.4, 0.5) is 4.79 Å². The lowest BCUT2D eigenvalue weighted by molar-refractivity contribution is -0.150. The summed E-state index contributed by atoms with van der Waals surface area (Å²) >= 11 is 0. The molecule has 0 fully saturated rings. The quantitative estimate of drug-likeness (QED) is 0.872. The first-order valence-electron chi connectivity index (χ1n) is 7.51. The normalized spacial score (nSPS) is 17.8. The van der Waals surface area contributed by atoms with Crippen molar-refractivity contribution in [2.45, 2.75) is 46.2 Å². The second kappa shape index (κ2) is 6.38. The van der Waals surface area contributed by atoms with Crippen LogP contribution in [-0.2, 0) is 22.5 Å². The Morgan fingerprint density at radius 2 is 1.91 bits per heavy atom. The summed E-state index contributed by atoms with van der Waals surface area (Å²) in [6.07, 6.45) is 0.0265. The molecule has 1 aliphatic heterocycles. The van der Waals surface area contributed by atoms with Gasteiger partial charge < -0.3 is 9.84 Å². The van der Waals surface area contributed by atoms with Gasteiger partial charge in [0, 0.05) is 6.42 Å². The smallest absolute Gasteiger partial charge is 0.408 e. The van der Waals surface area contributed by atoms with E-state index in [0.29, 0.717) is 13.0 Å². The van der Waals surface area contributed by atoms with Gasteiger partial charge in [0.25, 0.3) is 0 Å². The number of ether oxygens (including phenoxy) is 1. The van der Waals surface area contributed by atoms with E-state index in [1.165, 1.54) is 4.90 Å². The van der Waals surface area contributed by atoms with Gasteiger partial charge in [0.15, 0.2) is 0 Å². The van der Waals surface area contributed by atoms with Crippen molar-refractivity contribution < 1.29 is 19.4 Å². The molecule has 1 N–H and O–H groups in total. The molecule has 1 unspecified atom stereocenters. The van der Waals surface area contributed by atoms with Crippen LogP contribution in [0.1, 0.15) is 38.3 Å². The van der Waals surface area contributed by atoms with Crippen molar-refractivity contribution in [1.29, 1.82) is 0 Å². The molecule has 0 spiro atoms. The van der Waals surface area contributed by atoms with Crippen LogP contribution in [-0.4, -0.2) is 34.7 Å². The molecular weight excluding hydrogens is 282 g/mol. The third-order valence-corrected chi connectivity index (χ3v) is 3.86. The average Bonchev–Trinajstić information content (AvgIpc) is 2.44. The van der Waals surface area contributed by atoms with Crippen molar-refractivity contribution in [3.63, 3.8) is 0 Å². The number of esters is 1. The van der Waals surface area contributed by atoms with Crippen molar-refractivity contribution in [2.24, 2.45) is 5.41 Å². The summed E-state index contributed by atoms with van der Waals surface area (Å²) in [6.45, 7) is 6.75. The highest BCUT2D eigenvalue weighted by molar-refractivity contribution is 5.82. The van der Waals surface area contributed by atoms with E-state index in [-0.39, 0.29) is 12.0 Å². The summed E-state index contributed by atoms with van der Waals surface area (Å²) in [5.74, 6) is -0.457. The van der Waals surface area contributed by atoms with Crippen molar-refractivity contribution in [3.05, 3.63) is 35.4 Å². The number of hydrogen-bond donors (Lipinski definition) is 1. The molecule has 0 saturated carbocycles. The zero-order valence-electron chi connectivity index (χ0n) is 13.3. The lowest BCUT2D eigenvalue weighted by atomic mass is 9.93. The van der Waals surface area contributed by atoms with Crippen LogP contribution in [0.3, 0.4) is 0 Å². The number of fused-ring (bicyclic) bond motifs is 1. The van der Waals surface area contributed by atoms with Crippen molar-refractivity contribution in [1.82, 2.24) is 4.90 Å². The number of carboxylic acid groups (broad SMARTS) is 1. The lowest BCUT2D eigenvalue weighted by Crippen LogP contribution is -2.48. The van der Waals surface area contributed by atoms with Crippen molar-refractivity contribution in [2.75, 3.05) is 6.61 Å². The zero-order chi connectivity index (χ0) is 16.3. The molecule has 2 rings (SSSR count). The van der Waals surface area contributed by atoms with Gasteiger partial charge in [-0.15, -0.1) is 0 Å². The maximum Gasteiger partial charge on any atom is 0.408 e. The minimum Gasteiger partial charge on any atom is -0.465 e. The van der Waals surface area contributed by atoms with Crippen molar-refractivity contribution in [3.8, 4) is 0 Å². The molecule has 1 aromatic carbocycles. The Morgan fingerprint density at radius 1 is 1.27 bits per heavy atom. The number of hydrogen-bond acceptors (Lipinski definition) is 3. The highest BCUT2D eigenvalue weighted by Crippen LogP contribution is 2.24. The largest absolute Gasteiger partial charge is 0.465 e. The summed E-state index contributed by atoms with van der Waals surface area (Å²) in [5.41, 5.74) is 2.03. The molecule has 1 aromatic rings. The molecule has 0 bridgehead atoms. The molecule has 0 aromatic heterocycles. The molecule has 5 heteroatoms. The zero-order valence-corrected chi connectivity index (χ0v) is 13.3. The van der Waals surface area contributed by atoms with Crippen LogP contribution < -0.4 is 0 Å². The Labute approximate surface area is 130 Å². The second-order valence-corrected chi connectivity index (χ2v) is 6.88. The van der Waals surface area contributed by atoms with Crippen LogP contribution in [0.25, 0.3) is 0 Å². The second-order valence-electron chi connectivity index (χ2n) is 6.88. The van der Waals surface area contributed by atoms with Crippen LogP contribution in [0, 0.1) is 5.41 Å². The van der Waals surface area contributed by atoms with Gasteiger partial charge in [-0.1, -0.05) is 45.0 Å². The predicted octanol–water partition coefficient (Wildman–Crippen LogP) is 3.07. The summed E-state index contributed by atoms with van der Waals surface area (Å²) in [7, 11) is 0. The van der Waals surface area contributed by atoms with Gasteiger partial charge in [-0.3, -0.25) is 4.90 Å². The van der Waals surface area contributed by atoms with Crippen molar-refractivity contribution >= 4 is 12.1 Å². The van der Waals surface area contributed by atoms with E-state index >= 15 is 0 Å². The van der Waals surface area contributed by atoms with E-state index in [1.807, 2.05) is 24.3 Å². The van der Waals surface area contributed by atoms with E-state index in [0.717, 1.165) is 17.5 Å². The van der Waals surface area contributed by atoms with E-state index in [2.05, 4.69) is 20.8 Å². The number of benzene rings is 1. The minimum atomic E-state index is -1.09. The number of rotatable bonds is 3. The monoisotopic (exact) mass is 305 g/mol. The molecule has 1 aliphatic rings. The predicted molar refractivity (Wildman–Crippen MR) is 82.5 cm³/mol. The van der Waals surface area contributed by atoms with E-state index in [4.69, 9.17) is 4.74 Å². The highest BCUT2D eigenvalue weighted by atomic mass is 16.5. The van der Waals surface area contributed by atoms with Crippen LogP contribution in [0.15, 0.2) is 24.3 Å². The van der Waals surface area contributed by atoms with E-state index in [1.54, 1.807) is 0 Å². The summed E-state index contributed by atoms with van der Waals surface area (Å²) < 4.78 is 5.31. The van der Waals surface area contributed by atoms with Crippen LogP contribution in [0.5, 0.6) is 0 Å². The molecule has 0 saturated heterocycles. The van der Waals surface area contributed by atoms with Crippen LogP contribution in [0.2, 0.25) is 0 Å². The van der Waals surface area contributed by atoms with Crippen LogP contribution >= 0.6 is 0 Å². The minimum absolute atomic E-state index is 0.0753. The fourth-order valence-corrected chi connectivity index (χ4v) is 2.49. The first-order chi connectivity index (χ1) is 10.3. The van der Waals surface area contributed by atoms with E-state index < -0.39 is 18.1 Å². The maximum absolute atomic E-state index is 12.3. The fourth-order valence-electron chi connectivity index (χ4n) is 2.49. The molecule has 1 amide bonds. The van der Waals surface area contributed by atoms with E-state index in [9.17, 15) is 14.7 Å². The molecule has 0 radical (unpaired) electrons. The number of amides is 1. The SMILES string of the molecule is CC(C)(C)CCOC(=O)C1Cc2ccccc2CN1C(=O)O. The third-order valence-electron chi connectivity index (χ3n) is 3.86. The summed E-state index contributed by atoms with van der Waals surface area (Å²) in [6, 6.07) is 6.85. The Hall–Kier alpha value is -2.04. The van der Waals surface area contributed by atoms with Gasteiger partial charge >= 0.3 is 12.1 Å². The lowest BCUT2D eigenvalue weighted by Gasteiger charge is -2.33. The average molecular weight is 305 g/mol. The fraction of sp³-hybridized carbons (Fsp3) is 0.529. The van der Waals surface area contributed by atoms with Gasteiger partial charge in [0.2, 0.25) is 0 Å². The summed E-state index contributed by atoms with van der Waals surface area (Å²) in [5, 5.41) is 9.36. The molecule has 22 heavy (non-hydrogen) atoms. The molecule has 0 aliphatic carbocycles. The highest BCUT2D eigenvalue weighted by Gasteiger charge is 2.35. The maximum atomic E-state index is 12.3. The Balaban J connectivity index is 2.07. The van der Waals surface area contributed by atoms with Gasteiger partial charge in [-0.25, -0.2) is 9.59 Å². The van der Waals surface area contributed by atoms with Gasteiger partial charge in [0.05, 0.1) is 13.2 Å².